The molecule has 6 nitrogen and oxygen atoms in total. The quantitative estimate of drug-likeness (QED) is 0.563. The van der Waals surface area contributed by atoms with Crippen LogP contribution in [0, 0.1) is 0 Å². The topological polar surface area (TPSA) is 69.7 Å². The van der Waals surface area contributed by atoms with Gasteiger partial charge in [0.05, 0.1) is 25.0 Å². The molecule has 0 bridgehead atoms. The van der Waals surface area contributed by atoms with Gasteiger partial charge in [0.2, 0.25) is 0 Å². The highest BCUT2D eigenvalue weighted by atomic mass is 16.5. The van der Waals surface area contributed by atoms with E-state index in [1.807, 2.05) is 36.4 Å². The third kappa shape index (κ3) is 3.45. The third-order valence-corrected chi connectivity index (χ3v) is 4.48. The number of nitrogens with zero attached hydrogens (tertiary/aromatic N) is 2. The first-order valence-corrected chi connectivity index (χ1v) is 8.63. The van der Waals surface area contributed by atoms with Crippen molar-refractivity contribution in [1.82, 2.24) is 10.4 Å². The highest BCUT2D eigenvalue weighted by Gasteiger charge is 2.11. The Morgan fingerprint density at radius 2 is 1.88 bits per heavy atom. The summed E-state index contributed by atoms with van der Waals surface area (Å²) in [6, 6.07) is 15.8. The van der Waals surface area contributed by atoms with E-state index in [1.54, 1.807) is 12.4 Å². The van der Waals surface area contributed by atoms with E-state index in [1.165, 1.54) is 5.69 Å². The summed E-state index contributed by atoms with van der Waals surface area (Å²) in [5.41, 5.74) is 6.21. The zero-order valence-corrected chi connectivity index (χ0v) is 14.3. The Labute approximate surface area is 151 Å². The molecule has 0 spiro atoms. The van der Waals surface area contributed by atoms with Gasteiger partial charge >= 0.3 is 0 Å². The van der Waals surface area contributed by atoms with Gasteiger partial charge in [-0.3, -0.25) is 4.79 Å². The first-order valence-electron chi connectivity index (χ1n) is 8.63. The summed E-state index contributed by atoms with van der Waals surface area (Å²) in [5.74, 6) is -0.233. The number of para-hydroxylation sites is 1. The lowest BCUT2D eigenvalue weighted by molar-refractivity contribution is 0.0957. The van der Waals surface area contributed by atoms with E-state index in [-0.39, 0.29) is 5.91 Å². The van der Waals surface area contributed by atoms with E-state index in [0.717, 1.165) is 42.8 Å². The Bertz CT molecular complexity index is 924. The molecule has 2 N–H and O–H groups in total. The monoisotopic (exact) mass is 348 g/mol. The second-order valence-corrected chi connectivity index (χ2v) is 6.14. The Kier molecular flexibility index (Phi) is 4.66. The van der Waals surface area contributed by atoms with Crippen LogP contribution in [0.2, 0.25) is 0 Å². The highest BCUT2D eigenvalue weighted by Crippen LogP contribution is 2.18. The van der Waals surface area contributed by atoms with Crippen molar-refractivity contribution in [2.24, 2.45) is 5.10 Å². The van der Waals surface area contributed by atoms with Gasteiger partial charge in [-0.05, 0) is 23.8 Å². The largest absolute Gasteiger partial charge is 0.378 e. The average molecular weight is 348 g/mol. The molecule has 0 aliphatic carbocycles. The van der Waals surface area contributed by atoms with Crippen LogP contribution in [0.3, 0.4) is 0 Å². The molecule has 2 aromatic carbocycles. The van der Waals surface area contributed by atoms with Crippen LogP contribution in [0.5, 0.6) is 0 Å². The summed E-state index contributed by atoms with van der Waals surface area (Å²) in [6.07, 6.45) is 3.35. The van der Waals surface area contributed by atoms with Gasteiger partial charge in [0.1, 0.15) is 0 Å². The van der Waals surface area contributed by atoms with E-state index >= 15 is 0 Å². The van der Waals surface area contributed by atoms with E-state index in [4.69, 9.17) is 4.74 Å². The van der Waals surface area contributed by atoms with Crippen molar-refractivity contribution in [2.75, 3.05) is 31.2 Å². The number of hydrogen-bond acceptors (Lipinski definition) is 4. The number of benzene rings is 2. The molecule has 2 heterocycles. The van der Waals surface area contributed by atoms with Crippen molar-refractivity contribution >= 4 is 28.7 Å². The Hall–Kier alpha value is -3.12. The van der Waals surface area contributed by atoms with Crippen LogP contribution in [0.15, 0.2) is 59.8 Å². The van der Waals surface area contributed by atoms with Gasteiger partial charge in [-0.15, -0.1) is 0 Å². The lowest BCUT2D eigenvalue weighted by atomic mass is 10.2. The number of carbonyl (C=O) groups is 1. The molecule has 3 aromatic rings. The van der Waals surface area contributed by atoms with E-state index in [0.29, 0.717) is 5.56 Å². The smallest absolute Gasteiger partial charge is 0.273 e. The van der Waals surface area contributed by atoms with Crippen molar-refractivity contribution in [3.05, 3.63) is 65.9 Å². The number of carbonyl (C=O) groups excluding carboxylic acids is 1. The fourth-order valence-electron chi connectivity index (χ4n) is 3.08. The van der Waals surface area contributed by atoms with Gasteiger partial charge in [0, 0.05) is 35.9 Å². The van der Waals surface area contributed by atoms with Crippen molar-refractivity contribution < 1.29 is 9.53 Å². The summed E-state index contributed by atoms with van der Waals surface area (Å²) in [6.45, 7) is 3.36. The number of aromatic amines is 1. The van der Waals surface area contributed by atoms with Crippen LogP contribution < -0.4 is 10.3 Å². The van der Waals surface area contributed by atoms with Crippen LogP contribution in [0.1, 0.15) is 15.9 Å². The van der Waals surface area contributed by atoms with E-state index in [9.17, 15) is 4.79 Å². The third-order valence-electron chi connectivity index (χ3n) is 4.48. The predicted molar refractivity (Wildman–Crippen MR) is 103 cm³/mol. The Morgan fingerprint density at radius 3 is 2.69 bits per heavy atom. The SMILES string of the molecule is O=C(NN=Cc1ccc(N2CCOCC2)cc1)c1c[nH]c2ccccc12. The summed E-state index contributed by atoms with van der Waals surface area (Å²) in [7, 11) is 0. The van der Waals surface area contributed by atoms with Gasteiger partial charge in [-0.2, -0.15) is 5.10 Å². The molecule has 1 saturated heterocycles. The molecule has 4 rings (SSSR count). The molecule has 132 valence electrons. The molecule has 26 heavy (non-hydrogen) atoms. The number of hydrazone groups is 1. The summed E-state index contributed by atoms with van der Waals surface area (Å²) < 4.78 is 5.37. The van der Waals surface area contributed by atoms with E-state index in [2.05, 4.69) is 32.5 Å². The van der Waals surface area contributed by atoms with Crippen LogP contribution in [-0.4, -0.2) is 43.4 Å². The number of rotatable bonds is 4. The molecule has 1 aliphatic heterocycles. The minimum atomic E-state index is -0.233. The molecular weight excluding hydrogens is 328 g/mol. The number of aromatic nitrogens is 1. The standard InChI is InChI=1S/C20H20N4O2/c25-20(18-14-21-19-4-2-1-3-17(18)19)23-22-13-15-5-7-16(8-6-15)24-9-11-26-12-10-24/h1-8,13-14,21H,9-12H2,(H,23,25). The number of fused-ring (bicyclic) bond motifs is 1. The maximum Gasteiger partial charge on any atom is 0.273 e. The van der Waals surface area contributed by atoms with Crippen molar-refractivity contribution in [3.63, 3.8) is 0 Å². The maximum atomic E-state index is 12.3. The number of anilines is 1. The molecule has 0 atom stereocenters. The molecule has 6 heteroatoms. The predicted octanol–water partition coefficient (Wildman–Crippen LogP) is 2.77. The zero-order chi connectivity index (χ0) is 17.8. The highest BCUT2D eigenvalue weighted by molar-refractivity contribution is 6.06. The fourth-order valence-corrected chi connectivity index (χ4v) is 3.08. The number of ether oxygens (including phenoxy) is 1. The van der Waals surface area contributed by atoms with Crippen molar-refractivity contribution in [2.45, 2.75) is 0 Å². The second kappa shape index (κ2) is 7.41. The molecule has 0 radical (unpaired) electrons. The number of amides is 1. The van der Waals surface area contributed by atoms with Crippen LogP contribution in [0.4, 0.5) is 5.69 Å². The first-order chi connectivity index (χ1) is 12.8. The number of nitrogens with one attached hydrogen (secondary N) is 2. The summed E-state index contributed by atoms with van der Waals surface area (Å²) in [4.78, 5) is 17.7. The fraction of sp³-hybridized carbons (Fsp3) is 0.200. The normalized spacial score (nSPS) is 14.8. The minimum absolute atomic E-state index is 0.233. The van der Waals surface area contributed by atoms with Crippen LogP contribution >= 0.6 is 0 Å². The van der Waals surface area contributed by atoms with Crippen molar-refractivity contribution in [1.29, 1.82) is 0 Å². The number of hydrogen-bond donors (Lipinski definition) is 2. The van der Waals surface area contributed by atoms with Crippen molar-refractivity contribution in [3.8, 4) is 0 Å². The molecular formula is C20H20N4O2. The first kappa shape index (κ1) is 16.4. The number of H-pyrrole nitrogens is 1. The van der Waals surface area contributed by atoms with Gasteiger partial charge < -0.3 is 14.6 Å². The van der Waals surface area contributed by atoms with Gasteiger partial charge in [0.25, 0.3) is 5.91 Å². The molecule has 0 unspecified atom stereocenters. The van der Waals surface area contributed by atoms with Gasteiger partial charge in [-0.25, -0.2) is 5.43 Å². The maximum absolute atomic E-state index is 12.3. The average Bonchev–Trinajstić information content (AvgIpc) is 3.13. The minimum Gasteiger partial charge on any atom is -0.378 e. The molecule has 1 aliphatic rings. The number of morpholine rings is 1. The lowest BCUT2D eigenvalue weighted by Crippen LogP contribution is -2.36. The molecule has 1 fully saturated rings. The molecule has 1 amide bonds. The summed E-state index contributed by atoms with van der Waals surface area (Å²) >= 11 is 0. The van der Waals surface area contributed by atoms with Gasteiger partial charge in [-0.1, -0.05) is 30.3 Å². The van der Waals surface area contributed by atoms with Crippen LogP contribution in [-0.2, 0) is 4.74 Å². The van der Waals surface area contributed by atoms with Gasteiger partial charge in [0.15, 0.2) is 0 Å². The lowest BCUT2D eigenvalue weighted by Gasteiger charge is -2.28. The molecule has 0 saturated carbocycles. The van der Waals surface area contributed by atoms with Crippen LogP contribution in [0.25, 0.3) is 10.9 Å². The Balaban J connectivity index is 1.39. The molecule has 1 aromatic heterocycles. The Morgan fingerprint density at radius 1 is 1.12 bits per heavy atom. The summed E-state index contributed by atoms with van der Waals surface area (Å²) in [5, 5.41) is 4.96. The second-order valence-electron chi connectivity index (χ2n) is 6.14. The zero-order valence-electron chi connectivity index (χ0n) is 14.3. The van der Waals surface area contributed by atoms with E-state index < -0.39 is 0 Å².